The van der Waals surface area contributed by atoms with Crippen LogP contribution in [0.4, 0.5) is 0 Å². The normalized spacial score (nSPS) is 16.3. The van der Waals surface area contributed by atoms with Gasteiger partial charge in [0.25, 0.3) is 5.56 Å². The number of aromatic nitrogens is 2. The van der Waals surface area contributed by atoms with E-state index in [1.165, 1.54) is 0 Å². The van der Waals surface area contributed by atoms with Crippen LogP contribution < -0.4 is 5.56 Å². The minimum Gasteiger partial charge on any atom is -0.270 e. The van der Waals surface area contributed by atoms with Crippen LogP contribution in [0.3, 0.4) is 0 Å². The summed E-state index contributed by atoms with van der Waals surface area (Å²) >= 11 is 4.50. The monoisotopic (exact) mass is 258 g/mol. The van der Waals surface area contributed by atoms with Crippen molar-refractivity contribution in [2.24, 2.45) is 0 Å². The molecule has 0 radical (unpaired) electrons. The molecule has 1 heterocycles. The lowest BCUT2D eigenvalue weighted by atomic mass is 10.0. The predicted molar refractivity (Wildman–Crippen MR) is 76.7 cm³/mol. The lowest BCUT2D eigenvalue weighted by Crippen LogP contribution is -2.21. The van der Waals surface area contributed by atoms with Crippen LogP contribution in [0.15, 0.2) is 40.3 Å². The van der Waals surface area contributed by atoms with Crippen molar-refractivity contribution in [3.63, 3.8) is 0 Å². The molecule has 0 aliphatic heterocycles. The maximum Gasteiger partial charge on any atom is 0.265 e. The Hall–Kier alpha value is -1.55. The summed E-state index contributed by atoms with van der Waals surface area (Å²) in [6.45, 7) is 0. The van der Waals surface area contributed by atoms with Crippen LogP contribution in [0.5, 0.6) is 0 Å². The molecule has 0 unspecified atom stereocenters. The molecule has 0 fully saturated rings. The van der Waals surface area contributed by atoms with Gasteiger partial charge in [0.1, 0.15) is 6.33 Å². The van der Waals surface area contributed by atoms with Crippen LogP contribution in [0.25, 0.3) is 16.6 Å². The number of thiol groups is 1. The Bertz CT molecular complexity index is 687. The number of rotatable bonds is 1. The summed E-state index contributed by atoms with van der Waals surface area (Å²) in [6, 6.07) is 7.44. The largest absolute Gasteiger partial charge is 0.270 e. The molecular formula is C14H14N2OS. The van der Waals surface area contributed by atoms with Crippen molar-refractivity contribution in [2.75, 3.05) is 0 Å². The summed E-state index contributed by atoms with van der Waals surface area (Å²) in [4.78, 5) is 17.8. The van der Waals surface area contributed by atoms with E-state index < -0.39 is 0 Å². The minimum absolute atomic E-state index is 0.00375. The van der Waals surface area contributed by atoms with Crippen molar-refractivity contribution >= 4 is 29.2 Å². The zero-order valence-corrected chi connectivity index (χ0v) is 10.9. The van der Waals surface area contributed by atoms with E-state index in [9.17, 15) is 4.79 Å². The Labute approximate surface area is 111 Å². The van der Waals surface area contributed by atoms with E-state index >= 15 is 0 Å². The Morgan fingerprint density at radius 1 is 1.17 bits per heavy atom. The first-order valence-corrected chi connectivity index (χ1v) is 6.60. The fourth-order valence-corrected chi connectivity index (χ4v) is 2.77. The number of para-hydroxylation sites is 1. The van der Waals surface area contributed by atoms with Crippen molar-refractivity contribution < 1.29 is 0 Å². The molecule has 4 heteroatoms. The van der Waals surface area contributed by atoms with Gasteiger partial charge in [-0.25, -0.2) is 4.98 Å². The topological polar surface area (TPSA) is 34.9 Å². The van der Waals surface area contributed by atoms with Gasteiger partial charge in [-0.15, -0.1) is 12.6 Å². The average molecular weight is 258 g/mol. The molecule has 18 heavy (non-hydrogen) atoms. The molecule has 1 aromatic carbocycles. The fraction of sp³-hybridized carbons (Fsp3) is 0.286. The quantitative estimate of drug-likeness (QED) is 0.798. The third-order valence-electron chi connectivity index (χ3n) is 3.37. The molecule has 0 bridgehead atoms. The second-order valence-electron chi connectivity index (χ2n) is 4.54. The molecule has 0 amide bonds. The standard InChI is InChI=1S/C14H14N2OS/c17-14-10-5-1-2-6-11(10)15-9-16(14)12-7-3-4-8-13(12)18/h1-2,5-6,9,18H,3-4,7-8H2. The molecule has 0 atom stereocenters. The summed E-state index contributed by atoms with van der Waals surface area (Å²) in [5, 5.41) is 0.666. The zero-order chi connectivity index (χ0) is 12.5. The van der Waals surface area contributed by atoms with Crippen molar-refractivity contribution in [3.05, 3.63) is 45.9 Å². The predicted octanol–water partition coefficient (Wildman–Crippen LogP) is 3.07. The first-order chi connectivity index (χ1) is 8.77. The Balaban J connectivity index is 2.25. The fourth-order valence-electron chi connectivity index (χ4n) is 2.39. The van der Waals surface area contributed by atoms with Crippen molar-refractivity contribution in [3.8, 4) is 0 Å². The summed E-state index contributed by atoms with van der Waals surface area (Å²) in [5.74, 6) is 0. The molecule has 92 valence electrons. The van der Waals surface area contributed by atoms with E-state index in [0.29, 0.717) is 5.39 Å². The van der Waals surface area contributed by atoms with Crippen LogP contribution in [-0.2, 0) is 0 Å². The number of nitrogens with zero attached hydrogens (tertiary/aromatic N) is 2. The molecule has 3 nitrogen and oxygen atoms in total. The number of hydrogen-bond donors (Lipinski definition) is 1. The molecular weight excluding hydrogens is 244 g/mol. The van der Waals surface area contributed by atoms with Gasteiger partial charge in [0.05, 0.1) is 10.9 Å². The molecule has 0 N–H and O–H groups in total. The first-order valence-electron chi connectivity index (χ1n) is 6.15. The van der Waals surface area contributed by atoms with E-state index in [-0.39, 0.29) is 5.56 Å². The van der Waals surface area contributed by atoms with Crippen molar-refractivity contribution in [1.29, 1.82) is 0 Å². The molecule has 1 aliphatic rings. The summed E-state index contributed by atoms with van der Waals surface area (Å²) < 4.78 is 1.66. The highest BCUT2D eigenvalue weighted by atomic mass is 32.1. The molecule has 0 saturated heterocycles. The summed E-state index contributed by atoms with van der Waals surface area (Å²) in [7, 11) is 0. The van der Waals surface area contributed by atoms with Crippen LogP contribution in [0, 0.1) is 0 Å². The van der Waals surface area contributed by atoms with Crippen LogP contribution >= 0.6 is 12.6 Å². The summed E-state index contributed by atoms with van der Waals surface area (Å²) in [5.41, 5.74) is 1.76. The molecule has 1 aliphatic carbocycles. The van der Waals surface area contributed by atoms with Gasteiger partial charge in [-0.05, 0) is 37.8 Å². The van der Waals surface area contributed by atoms with E-state index in [1.54, 1.807) is 10.9 Å². The first kappa shape index (κ1) is 11.5. The maximum absolute atomic E-state index is 12.4. The molecule has 3 rings (SSSR count). The average Bonchev–Trinajstić information content (AvgIpc) is 2.41. The number of allylic oxidation sites excluding steroid dienone is 2. The second-order valence-corrected chi connectivity index (χ2v) is 5.08. The second kappa shape index (κ2) is 4.61. The summed E-state index contributed by atoms with van der Waals surface area (Å²) in [6.07, 6.45) is 5.74. The van der Waals surface area contributed by atoms with Gasteiger partial charge in [0.15, 0.2) is 0 Å². The molecule has 1 aromatic heterocycles. The lowest BCUT2D eigenvalue weighted by Gasteiger charge is -2.18. The minimum atomic E-state index is 0.00375. The van der Waals surface area contributed by atoms with Gasteiger partial charge >= 0.3 is 0 Å². The SMILES string of the molecule is O=c1c2ccccc2ncn1C1=C(S)CCCC1. The van der Waals surface area contributed by atoms with E-state index in [4.69, 9.17) is 0 Å². The third-order valence-corrected chi connectivity index (χ3v) is 3.85. The Morgan fingerprint density at radius 2 is 1.94 bits per heavy atom. The zero-order valence-electron chi connectivity index (χ0n) is 9.97. The highest BCUT2D eigenvalue weighted by molar-refractivity contribution is 7.84. The van der Waals surface area contributed by atoms with Crippen LogP contribution in [-0.4, -0.2) is 9.55 Å². The molecule has 2 aromatic rings. The molecule has 0 saturated carbocycles. The number of benzene rings is 1. The van der Waals surface area contributed by atoms with Gasteiger partial charge in [0.2, 0.25) is 0 Å². The highest BCUT2D eigenvalue weighted by Gasteiger charge is 2.14. The van der Waals surface area contributed by atoms with Gasteiger partial charge in [-0.3, -0.25) is 9.36 Å². The highest BCUT2D eigenvalue weighted by Crippen LogP contribution is 2.29. The number of hydrogen-bond acceptors (Lipinski definition) is 3. The Kier molecular flexibility index (Phi) is 2.96. The van der Waals surface area contributed by atoms with E-state index in [2.05, 4.69) is 17.6 Å². The third kappa shape index (κ3) is 1.86. The van der Waals surface area contributed by atoms with Crippen molar-refractivity contribution in [2.45, 2.75) is 25.7 Å². The number of fused-ring (bicyclic) bond motifs is 1. The van der Waals surface area contributed by atoms with E-state index in [1.807, 2.05) is 24.3 Å². The van der Waals surface area contributed by atoms with Gasteiger partial charge in [-0.1, -0.05) is 12.1 Å². The Morgan fingerprint density at radius 3 is 2.78 bits per heavy atom. The van der Waals surface area contributed by atoms with Crippen LogP contribution in [0.1, 0.15) is 25.7 Å². The smallest absolute Gasteiger partial charge is 0.265 e. The van der Waals surface area contributed by atoms with Crippen molar-refractivity contribution in [1.82, 2.24) is 9.55 Å². The van der Waals surface area contributed by atoms with Gasteiger partial charge < -0.3 is 0 Å². The maximum atomic E-state index is 12.4. The lowest BCUT2D eigenvalue weighted by molar-refractivity contribution is 0.705. The van der Waals surface area contributed by atoms with Crippen LogP contribution in [0.2, 0.25) is 0 Å². The van der Waals surface area contributed by atoms with Gasteiger partial charge in [0, 0.05) is 10.6 Å². The van der Waals surface area contributed by atoms with Gasteiger partial charge in [-0.2, -0.15) is 0 Å². The van der Waals surface area contributed by atoms with E-state index in [0.717, 1.165) is 41.8 Å². The molecule has 0 spiro atoms.